The van der Waals surface area contributed by atoms with Gasteiger partial charge in [-0.05, 0) is 55.6 Å². The van der Waals surface area contributed by atoms with E-state index < -0.39 is 17.4 Å². The maximum Gasteiger partial charge on any atom is 0.323 e. The van der Waals surface area contributed by atoms with Crippen LogP contribution < -0.4 is 0 Å². The molecule has 0 aliphatic heterocycles. The van der Waals surface area contributed by atoms with Crippen molar-refractivity contribution in [2.45, 2.75) is 72.1 Å². The highest BCUT2D eigenvalue weighted by Gasteiger charge is 2.55. The molecule has 1 saturated carbocycles. The first-order valence-corrected chi connectivity index (χ1v) is 9.58. The summed E-state index contributed by atoms with van der Waals surface area (Å²) < 4.78 is 10.0. The van der Waals surface area contributed by atoms with Crippen molar-refractivity contribution in [1.29, 1.82) is 0 Å². The smallest absolute Gasteiger partial charge is 0.323 e. The van der Waals surface area contributed by atoms with Gasteiger partial charge in [-0.1, -0.05) is 44.8 Å². The molecule has 2 aliphatic carbocycles. The van der Waals surface area contributed by atoms with E-state index in [-0.39, 0.29) is 0 Å². The summed E-state index contributed by atoms with van der Waals surface area (Å²) in [7, 11) is 2.70. The zero-order valence-corrected chi connectivity index (χ0v) is 16.4. The van der Waals surface area contributed by atoms with Crippen LogP contribution in [0, 0.1) is 11.3 Å². The Morgan fingerprint density at radius 1 is 1.00 bits per heavy atom. The molecule has 2 rings (SSSR count). The van der Waals surface area contributed by atoms with Crippen molar-refractivity contribution in [2.75, 3.05) is 14.2 Å². The number of fused-ring (bicyclic) bond motifs is 1. The summed E-state index contributed by atoms with van der Waals surface area (Å²) >= 11 is 0. The molecule has 1 atom stereocenters. The van der Waals surface area contributed by atoms with Crippen molar-refractivity contribution < 1.29 is 19.1 Å². The van der Waals surface area contributed by atoms with Gasteiger partial charge in [0.05, 0.1) is 14.2 Å². The van der Waals surface area contributed by atoms with Crippen LogP contribution in [0.15, 0.2) is 22.3 Å². The molecular weight excluding hydrogens is 316 g/mol. The molecular formula is C21H32O4. The normalized spacial score (nSPS) is 22.0. The zero-order valence-electron chi connectivity index (χ0n) is 16.4. The van der Waals surface area contributed by atoms with E-state index in [1.807, 2.05) is 0 Å². The largest absolute Gasteiger partial charge is 0.468 e. The van der Waals surface area contributed by atoms with Gasteiger partial charge in [0, 0.05) is 0 Å². The summed E-state index contributed by atoms with van der Waals surface area (Å²) in [5.74, 6) is -0.390. The maximum atomic E-state index is 12.6. The first kappa shape index (κ1) is 19.7. The lowest BCUT2D eigenvalue weighted by Gasteiger charge is -2.30. The van der Waals surface area contributed by atoms with E-state index >= 15 is 0 Å². The van der Waals surface area contributed by atoms with Gasteiger partial charge in [-0.25, -0.2) is 0 Å². The second-order valence-corrected chi connectivity index (χ2v) is 7.26. The Labute approximate surface area is 151 Å². The van der Waals surface area contributed by atoms with Crippen molar-refractivity contribution in [2.24, 2.45) is 11.3 Å². The van der Waals surface area contributed by atoms with Gasteiger partial charge >= 0.3 is 11.9 Å². The van der Waals surface area contributed by atoms with Gasteiger partial charge in [0.25, 0.3) is 0 Å². The number of carbonyl (C=O) groups is 2. The van der Waals surface area contributed by atoms with E-state index in [0.717, 1.165) is 19.3 Å². The van der Waals surface area contributed by atoms with Gasteiger partial charge in [-0.15, -0.1) is 0 Å². The fourth-order valence-corrected chi connectivity index (χ4v) is 4.66. The van der Waals surface area contributed by atoms with Crippen molar-refractivity contribution >= 4 is 11.9 Å². The molecule has 1 unspecified atom stereocenters. The number of unbranched alkanes of at least 4 members (excludes halogenated alkanes) is 1. The highest BCUT2D eigenvalue weighted by atomic mass is 16.5. The van der Waals surface area contributed by atoms with Crippen molar-refractivity contribution in [3.63, 3.8) is 0 Å². The van der Waals surface area contributed by atoms with Gasteiger partial charge in [-0.2, -0.15) is 0 Å². The third-order valence-corrected chi connectivity index (χ3v) is 5.99. The summed E-state index contributed by atoms with van der Waals surface area (Å²) in [6.07, 6.45) is 7.45. The van der Waals surface area contributed by atoms with Gasteiger partial charge < -0.3 is 9.47 Å². The minimum absolute atomic E-state index is 0.425. The molecule has 2 aliphatic rings. The molecule has 0 bridgehead atoms. The molecule has 4 heteroatoms. The molecule has 25 heavy (non-hydrogen) atoms. The minimum Gasteiger partial charge on any atom is -0.468 e. The topological polar surface area (TPSA) is 52.6 Å². The third-order valence-electron chi connectivity index (χ3n) is 5.99. The Bertz CT molecular complexity index is 581. The molecule has 4 nitrogen and oxygen atoms in total. The standard InChI is InChI=1S/C21H32O4/c1-6-9-10-15-11-14(7-2)17-12-21(19(22)24-4,20(23)25-5)13-18(17)16(15)8-3/h15H,6-13H2,1-5H3. The van der Waals surface area contributed by atoms with Crippen LogP contribution in [-0.2, 0) is 19.1 Å². The van der Waals surface area contributed by atoms with Gasteiger partial charge in [0.1, 0.15) is 0 Å². The number of hydrogen-bond donors (Lipinski definition) is 0. The highest BCUT2D eigenvalue weighted by molar-refractivity contribution is 6.02. The monoisotopic (exact) mass is 348 g/mol. The van der Waals surface area contributed by atoms with E-state index in [9.17, 15) is 9.59 Å². The fourth-order valence-electron chi connectivity index (χ4n) is 4.66. The molecule has 1 fully saturated rings. The van der Waals surface area contributed by atoms with Crippen molar-refractivity contribution in [1.82, 2.24) is 0 Å². The van der Waals surface area contributed by atoms with Gasteiger partial charge in [0.2, 0.25) is 0 Å². The minimum atomic E-state index is -1.20. The molecule has 0 heterocycles. The SMILES string of the molecule is CCCCC1CC(CC)=C2CC(C(=O)OC)(C(=O)OC)CC2=C1CC. The van der Waals surface area contributed by atoms with E-state index in [4.69, 9.17) is 9.47 Å². The molecule has 0 spiro atoms. The van der Waals surface area contributed by atoms with E-state index in [1.54, 1.807) is 0 Å². The Hall–Kier alpha value is -1.58. The maximum absolute atomic E-state index is 12.6. The quantitative estimate of drug-likeness (QED) is 0.493. The van der Waals surface area contributed by atoms with Crippen LogP contribution in [0.5, 0.6) is 0 Å². The number of rotatable bonds is 7. The summed E-state index contributed by atoms with van der Waals surface area (Å²) in [4.78, 5) is 25.1. The number of carbonyl (C=O) groups excluding carboxylic acids is 2. The Balaban J connectivity index is 2.53. The number of allylic oxidation sites excluding steroid dienone is 4. The van der Waals surface area contributed by atoms with Gasteiger partial charge in [0.15, 0.2) is 5.41 Å². The number of hydrogen-bond acceptors (Lipinski definition) is 4. The Morgan fingerprint density at radius 2 is 1.60 bits per heavy atom. The van der Waals surface area contributed by atoms with Crippen molar-refractivity contribution in [3.8, 4) is 0 Å². The number of methoxy groups -OCH3 is 2. The average molecular weight is 348 g/mol. The predicted molar refractivity (Wildman–Crippen MR) is 98.0 cm³/mol. The van der Waals surface area contributed by atoms with E-state index in [0.29, 0.717) is 18.8 Å². The average Bonchev–Trinajstić information content (AvgIpc) is 3.05. The molecule has 0 amide bonds. The van der Waals surface area contributed by atoms with Crippen LogP contribution in [0.4, 0.5) is 0 Å². The van der Waals surface area contributed by atoms with Crippen LogP contribution in [0.1, 0.15) is 72.1 Å². The third kappa shape index (κ3) is 3.40. The van der Waals surface area contributed by atoms with E-state index in [2.05, 4.69) is 20.8 Å². The van der Waals surface area contributed by atoms with Crippen LogP contribution in [0.3, 0.4) is 0 Å². The summed E-state index contributed by atoms with van der Waals surface area (Å²) in [5.41, 5.74) is 4.11. The Morgan fingerprint density at radius 3 is 2.08 bits per heavy atom. The molecule has 140 valence electrons. The molecule has 0 saturated heterocycles. The van der Waals surface area contributed by atoms with E-state index in [1.165, 1.54) is 55.8 Å². The number of esters is 2. The predicted octanol–water partition coefficient (Wildman–Crippen LogP) is 4.74. The van der Waals surface area contributed by atoms with Crippen LogP contribution in [0.2, 0.25) is 0 Å². The van der Waals surface area contributed by atoms with Crippen LogP contribution in [-0.4, -0.2) is 26.2 Å². The Kier molecular flexibility index (Phi) is 6.47. The summed E-state index contributed by atoms with van der Waals surface area (Å²) in [6.45, 7) is 6.58. The molecule has 0 aromatic heterocycles. The first-order chi connectivity index (χ1) is 12.0. The lowest BCUT2D eigenvalue weighted by atomic mass is 9.76. The molecule has 0 N–H and O–H groups in total. The second kappa shape index (κ2) is 8.20. The van der Waals surface area contributed by atoms with Gasteiger partial charge in [-0.3, -0.25) is 9.59 Å². The summed E-state index contributed by atoms with van der Waals surface area (Å²) in [6, 6.07) is 0. The molecule has 0 aromatic carbocycles. The first-order valence-electron chi connectivity index (χ1n) is 9.58. The second-order valence-electron chi connectivity index (χ2n) is 7.26. The van der Waals surface area contributed by atoms with Crippen LogP contribution in [0.25, 0.3) is 0 Å². The molecule has 0 aromatic rings. The molecule has 0 radical (unpaired) electrons. The van der Waals surface area contributed by atoms with Crippen molar-refractivity contribution in [3.05, 3.63) is 22.3 Å². The lowest BCUT2D eigenvalue weighted by Crippen LogP contribution is -2.38. The lowest BCUT2D eigenvalue weighted by molar-refractivity contribution is -0.168. The highest BCUT2D eigenvalue weighted by Crippen LogP contribution is 2.54. The zero-order chi connectivity index (χ0) is 18.6. The fraction of sp³-hybridized carbons (Fsp3) is 0.714. The summed E-state index contributed by atoms with van der Waals surface area (Å²) in [5, 5.41) is 0. The number of ether oxygens (including phenoxy) is 2. The van der Waals surface area contributed by atoms with Crippen LogP contribution >= 0.6 is 0 Å².